The number of rotatable bonds is 12. The summed E-state index contributed by atoms with van der Waals surface area (Å²) in [5, 5.41) is 3.23. The van der Waals surface area contributed by atoms with Crippen LogP contribution in [0.15, 0.2) is 42.9 Å². The van der Waals surface area contributed by atoms with Crippen LogP contribution in [0, 0.1) is 11.7 Å². The Bertz CT molecular complexity index is 1270. The van der Waals surface area contributed by atoms with E-state index in [1.54, 1.807) is 32.3 Å². The van der Waals surface area contributed by atoms with Crippen molar-refractivity contribution < 1.29 is 18.0 Å². The number of fused-ring (bicyclic) bond motifs is 1. The molecule has 212 valence electrons. The molecule has 0 saturated carbocycles. The summed E-state index contributed by atoms with van der Waals surface area (Å²) >= 11 is 0. The molecule has 3 heterocycles. The largest absolute Gasteiger partial charge is 0.330 e. The van der Waals surface area contributed by atoms with E-state index in [4.69, 9.17) is 0 Å². The van der Waals surface area contributed by atoms with Crippen LogP contribution in [0.1, 0.15) is 62.5 Å². The van der Waals surface area contributed by atoms with Gasteiger partial charge < -0.3 is 14.6 Å². The van der Waals surface area contributed by atoms with Gasteiger partial charge in [-0.2, -0.15) is 0 Å². The third-order valence-electron chi connectivity index (χ3n) is 7.82. The predicted molar refractivity (Wildman–Crippen MR) is 149 cm³/mol. The van der Waals surface area contributed by atoms with Crippen LogP contribution in [0.25, 0.3) is 16.6 Å². The zero-order valence-corrected chi connectivity index (χ0v) is 23.5. The van der Waals surface area contributed by atoms with Crippen molar-refractivity contribution in [3.63, 3.8) is 0 Å². The molecule has 9 heteroatoms. The monoisotopic (exact) mass is 543 g/mol. The Morgan fingerprint density at radius 1 is 1.15 bits per heavy atom. The molecule has 1 amide bonds. The fraction of sp³-hybridized carbons (Fsp3) is 0.533. The molecule has 1 atom stereocenters. The standard InChI is InChI=1S/C30H40F3N5O/c1-19(2)26(7-6-10-34-5)36-16-21(17-36)27-14-24(28-15-35-11-12-37(27)28)23-9-8-22(31)13-25(23)30(39)38(20(3)4)18-29(32)33/h8-9,11-15,19-21,26,29,34H,6-7,10,16-18H2,1-5H3. The number of hydrogen-bond donors (Lipinski definition) is 1. The maximum atomic E-state index is 14.4. The normalized spacial score (nSPS) is 15.5. The van der Waals surface area contributed by atoms with E-state index >= 15 is 0 Å². The molecule has 0 aliphatic carbocycles. The molecule has 0 spiro atoms. The molecule has 0 bridgehead atoms. The van der Waals surface area contributed by atoms with E-state index in [9.17, 15) is 18.0 Å². The van der Waals surface area contributed by atoms with Crippen molar-refractivity contribution in [1.29, 1.82) is 0 Å². The van der Waals surface area contributed by atoms with Gasteiger partial charge in [-0.3, -0.25) is 14.7 Å². The third-order valence-corrected chi connectivity index (χ3v) is 7.82. The Morgan fingerprint density at radius 2 is 1.90 bits per heavy atom. The predicted octanol–water partition coefficient (Wildman–Crippen LogP) is 5.68. The van der Waals surface area contributed by atoms with E-state index in [1.165, 1.54) is 6.07 Å². The highest BCUT2D eigenvalue weighted by atomic mass is 19.3. The summed E-state index contributed by atoms with van der Waals surface area (Å²) in [7, 11) is 1.98. The Morgan fingerprint density at radius 3 is 2.54 bits per heavy atom. The van der Waals surface area contributed by atoms with E-state index < -0.39 is 30.7 Å². The maximum absolute atomic E-state index is 14.4. The first-order valence-electron chi connectivity index (χ1n) is 13.8. The molecule has 1 unspecified atom stereocenters. The molecule has 1 N–H and O–H groups in total. The van der Waals surface area contributed by atoms with E-state index in [-0.39, 0.29) is 5.56 Å². The third kappa shape index (κ3) is 6.30. The summed E-state index contributed by atoms with van der Waals surface area (Å²) in [5.74, 6) is -0.348. The quantitative estimate of drug-likeness (QED) is 0.299. The minimum absolute atomic E-state index is 0.0758. The Labute approximate surface area is 229 Å². The fourth-order valence-electron chi connectivity index (χ4n) is 5.76. The summed E-state index contributed by atoms with van der Waals surface area (Å²) in [5.41, 5.74) is 3.24. The van der Waals surface area contributed by atoms with Crippen LogP contribution in [0.5, 0.6) is 0 Å². The molecule has 6 nitrogen and oxygen atoms in total. The highest BCUT2D eigenvalue weighted by molar-refractivity contribution is 6.03. The lowest BCUT2D eigenvalue weighted by Gasteiger charge is -2.46. The minimum Gasteiger partial charge on any atom is -0.330 e. The average molecular weight is 544 g/mol. The topological polar surface area (TPSA) is 52.9 Å². The van der Waals surface area contributed by atoms with Gasteiger partial charge >= 0.3 is 0 Å². The summed E-state index contributed by atoms with van der Waals surface area (Å²) in [6.45, 7) is 10.1. The Balaban J connectivity index is 1.68. The van der Waals surface area contributed by atoms with E-state index in [1.807, 2.05) is 13.2 Å². The molecular formula is C30H40F3N5O. The number of nitrogens with zero attached hydrogens (tertiary/aromatic N) is 4. The lowest BCUT2D eigenvalue weighted by atomic mass is 9.88. The Hall–Kier alpha value is -2.91. The van der Waals surface area contributed by atoms with Crippen LogP contribution in [0.4, 0.5) is 13.2 Å². The lowest BCUT2D eigenvalue weighted by Crippen LogP contribution is -2.52. The zero-order valence-electron chi connectivity index (χ0n) is 23.5. The van der Waals surface area contributed by atoms with Gasteiger partial charge in [-0.1, -0.05) is 19.9 Å². The molecule has 1 fully saturated rings. The van der Waals surface area contributed by atoms with Crippen molar-refractivity contribution in [3.8, 4) is 11.1 Å². The van der Waals surface area contributed by atoms with E-state index in [0.29, 0.717) is 23.4 Å². The van der Waals surface area contributed by atoms with Crippen molar-refractivity contribution in [3.05, 3.63) is 59.9 Å². The van der Waals surface area contributed by atoms with Crippen LogP contribution in [-0.2, 0) is 0 Å². The van der Waals surface area contributed by atoms with Crippen molar-refractivity contribution >= 4 is 11.4 Å². The molecule has 0 radical (unpaired) electrons. The number of halogens is 3. The SMILES string of the molecule is CNCCCC(C(C)C)N1CC(c2cc(-c3ccc(F)cc3C(=O)N(CC(F)F)C(C)C)c3cnccn23)C1. The van der Waals surface area contributed by atoms with Crippen LogP contribution in [0.2, 0.25) is 0 Å². The molecule has 3 aromatic rings. The number of amides is 1. The number of hydrogen-bond acceptors (Lipinski definition) is 4. The van der Waals surface area contributed by atoms with Gasteiger partial charge in [-0.15, -0.1) is 0 Å². The second-order valence-corrected chi connectivity index (χ2v) is 11.2. The number of nitrogens with one attached hydrogen (secondary N) is 1. The first kappa shape index (κ1) is 29.1. The minimum atomic E-state index is -2.69. The van der Waals surface area contributed by atoms with Gasteiger partial charge in [-0.25, -0.2) is 13.2 Å². The number of carbonyl (C=O) groups excluding carboxylic acids is 1. The van der Waals surface area contributed by atoms with Gasteiger partial charge in [0.25, 0.3) is 12.3 Å². The molecule has 39 heavy (non-hydrogen) atoms. The van der Waals surface area contributed by atoms with Crippen LogP contribution in [0.3, 0.4) is 0 Å². The molecule has 2 aromatic heterocycles. The first-order chi connectivity index (χ1) is 18.6. The second-order valence-electron chi connectivity index (χ2n) is 11.2. The van der Waals surface area contributed by atoms with Gasteiger partial charge in [0.1, 0.15) is 5.82 Å². The van der Waals surface area contributed by atoms with Crippen molar-refractivity contribution in [2.45, 2.75) is 65.0 Å². The summed E-state index contributed by atoms with van der Waals surface area (Å²) in [6.07, 6.45) is 4.96. The Kier molecular flexibility index (Phi) is 9.33. The number of likely N-dealkylation sites (tertiary alicyclic amines) is 1. The first-order valence-corrected chi connectivity index (χ1v) is 13.8. The highest BCUT2D eigenvalue weighted by Gasteiger charge is 2.36. The van der Waals surface area contributed by atoms with Gasteiger partial charge in [0.05, 0.1) is 23.8 Å². The van der Waals surface area contributed by atoms with Gasteiger partial charge in [0.15, 0.2) is 0 Å². The van der Waals surface area contributed by atoms with Gasteiger partial charge in [0, 0.05) is 54.7 Å². The number of benzene rings is 1. The molecule has 1 aliphatic rings. The fourth-order valence-corrected chi connectivity index (χ4v) is 5.76. The van der Waals surface area contributed by atoms with E-state index in [0.717, 1.165) is 60.2 Å². The van der Waals surface area contributed by atoms with Gasteiger partial charge in [-0.05, 0) is 70.0 Å². The number of alkyl halides is 2. The highest BCUT2D eigenvalue weighted by Crippen LogP contribution is 2.38. The smallest absolute Gasteiger partial charge is 0.255 e. The summed E-state index contributed by atoms with van der Waals surface area (Å²) < 4.78 is 43.1. The molecule has 1 saturated heterocycles. The average Bonchev–Trinajstić information content (AvgIpc) is 3.24. The lowest BCUT2D eigenvalue weighted by molar-refractivity contribution is 0.0476. The van der Waals surface area contributed by atoms with Crippen LogP contribution in [-0.4, -0.2) is 76.8 Å². The van der Waals surface area contributed by atoms with Crippen molar-refractivity contribution in [1.82, 2.24) is 24.5 Å². The van der Waals surface area contributed by atoms with E-state index in [2.05, 4.69) is 39.5 Å². The van der Waals surface area contributed by atoms with Crippen LogP contribution >= 0.6 is 0 Å². The van der Waals surface area contributed by atoms with Gasteiger partial charge in [0.2, 0.25) is 0 Å². The summed E-state index contributed by atoms with van der Waals surface area (Å²) in [6, 6.07) is 6.14. The molecule has 4 rings (SSSR count). The van der Waals surface area contributed by atoms with Crippen molar-refractivity contribution in [2.75, 3.05) is 33.2 Å². The number of aromatic nitrogens is 2. The second kappa shape index (κ2) is 12.5. The molecular weight excluding hydrogens is 503 g/mol. The van der Waals surface area contributed by atoms with Crippen LogP contribution < -0.4 is 5.32 Å². The molecule has 1 aliphatic heterocycles. The zero-order chi connectivity index (χ0) is 28.3. The van der Waals surface area contributed by atoms with Crippen molar-refractivity contribution in [2.24, 2.45) is 5.92 Å². The number of carbonyl (C=O) groups is 1. The molecule has 1 aromatic carbocycles. The maximum Gasteiger partial charge on any atom is 0.255 e. The summed E-state index contributed by atoms with van der Waals surface area (Å²) in [4.78, 5) is 21.5.